The van der Waals surface area contributed by atoms with Crippen LogP contribution in [0.15, 0.2) is 48.5 Å². The fourth-order valence-corrected chi connectivity index (χ4v) is 3.07. The van der Waals surface area contributed by atoms with Crippen LogP contribution in [0.4, 0.5) is 17.1 Å². The van der Waals surface area contributed by atoms with Crippen molar-refractivity contribution in [2.24, 2.45) is 0 Å². The monoisotopic (exact) mass is 395 g/mol. The molecular formula is C21H21N3O5. The topological polar surface area (TPSA) is 105 Å². The summed E-state index contributed by atoms with van der Waals surface area (Å²) in [5.74, 6) is -1.57. The second-order valence-electron chi connectivity index (χ2n) is 6.58. The molecule has 0 aliphatic carbocycles. The maximum absolute atomic E-state index is 12.2. The zero-order valence-corrected chi connectivity index (χ0v) is 15.9. The van der Waals surface area contributed by atoms with Gasteiger partial charge in [0.05, 0.1) is 0 Å². The average Bonchev–Trinajstić information content (AvgIpc) is 2.68. The molecule has 0 atom stereocenters. The lowest BCUT2D eigenvalue weighted by molar-refractivity contribution is -0.146. The summed E-state index contributed by atoms with van der Waals surface area (Å²) in [6.07, 6.45) is 0.968. The van der Waals surface area contributed by atoms with E-state index in [0.717, 1.165) is 5.56 Å². The number of anilines is 3. The molecule has 2 aromatic carbocycles. The van der Waals surface area contributed by atoms with Crippen LogP contribution in [-0.2, 0) is 30.3 Å². The van der Waals surface area contributed by atoms with Crippen molar-refractivity contribution in [1.82, 2.24) is 0 Å². The van der Waals surface area contributed by atoms with Gasteiger partial charge in [-0.05, 0) is 36.2 Å². The standard InChI is InChI=1S/C21H21N3O5/c1-14(25)22-16-6-4-7-17(11-16)23-19(26)13-29-21(28)12-24-18-8-3-2-5-15(18)9-10-20(24)27/h2-8,11H,9-10,12-13H2,1H3,(H,22,25)(H,23,26). The highest BCUT2D eigenvalue weighted by molar-refractivity contribution is 6.00. The van der Waals surface area contributed by atoms with E-state index in [1.807, 2.05) is 12.1 Å². The van der Waals surface area contributed by atoms with Gasteiger partial charge < -0.3 is 20.3 Å². The summed E-state index contributed by atoms with van der Waals surface area (Å²) in [7, 11) is 0. The minimum atomic E-state index is -0.669. The molecular weight excluding hydrogens is 374 g/mol. The van der Waals surface area contributed by atoms with Crippen molar-refractivity contribution < 1.29 is 23.9 Å². The smallest absolute Gasteiger partial charge is 0.326 e. The van der Waals surface area contributed by atoms with Crippen LogP contribution in [0.5, 0.6) is 0 Å². The third kappa shape index (κ3) is 5.41. The van der Waals surface area contributed by atoms with E-state index in [1.165, 1.54) is 11.8 Å². The largest absolute Gasteiger partial charge is 0.454 e. The highest BCUT2D eigenvalue weighted by atomic mass is 16.5. The third-order valence-electron chi connectivity index (χ3n) is 4.31. The van der Waals surface area contributed by atoms with Crippen LogP contribution >= 0.6 is 0 Å². The Balaban J connectivity index is 1.53. The number of ether oxygens (including phenoxy) is 1. The van der Waals surface area contributed by atoms with Crippen molar-refractivity contribution in [3.8, 4) is 0 Å². The molecule has 2 aromatic rings. The van der Waals surface area contributed by atoms with Crippen LogP contribution in [0, 0.1) is 0 Å². The van der Waals surface area contributed by atoms with Crippen LogP contribution in [0.1, 0.15) is 18.9 Å². The molecule has 0 spiro atoms. The number of nitrogens with zero attached hydrogens (tertiary/aromatic N) is 1. The van der Waals surface area contributed by atoms with Gasteiger partial charge in [0.25, 0.3) is 5.91 Å². The molecule has 150 valence electrons. The molecule has 3 rings (SSSR count). The van der Waals surface area contributed by atoms with E-state index in [9.17, 15) is 19.2 Å². The van der Waals surface area contributed by atoms with E-state index in [2.05, 4.69) is 10.6 Å². The zero-order valence-electron chi connectivity index (χ0n) is 15.9. The summed E-state index contributed by atoms with van der Waals surface area (Å²) in [6, 6.07) is 14.0. The van der Waals surface area contributed by atoms with Crippen LogP contribution in [-0.4, -0.2) is 36.8 Å². The number of para-hydroxylation sites is 1. The first-order valence-corrected chi connectivity index (χ1v) is 9.14. The number of amides is 3. The minimum Gasteiger partial charge on any atom is -0.454 e. The van der Waals surface area contributed by atoms with Gasteiger partial charge in [0.1, 0.15) is 6.54 Å². The SMILES string of the molecule is CC(=O)Nc1cccc(NC(=O)COC(=O)CN2C(=O)CCc3ccccc32)c1. The van der Waals surface area contributed by atoms with Gasteiger partial charge in [0, 0.05) is 30.4 Å². The summed E-state index contributed by atoms with van der Waals surface area (Å²) in [5.41, 5.74) is 2.68. The predicted octanol–water partition coefficient (Wildman–Crippen LogP) is 2.11. The second kappa shape index (κ2) is 9.01. The molecule has 1 aliphatic rings. The molecule has 0 bridgehead atoms. The minimum absolute atomic E-state index is 0.153. The predicted molar refractivity (Wildman–Crippen MR) is 107 cm³/mol. The quantitative estimate of drug-likeness (QED) is 0.729. The fraction of sp³-hybridized carbons (Fsp3) is 0.238. The van der Waals surface area contributed by atoms with Crippen LogP contribution in [0.25, 0.3) is 0 Å². The lowest BCUT2D eigenvalue weighted by atomic mass is 10.0. The number of carbonyl (C=O) groups is 4. The molecule has 1 aliphatic heterocycles. The van der Waals surface area contributed by atoms with Gasteiger partial charge >= 0.3 is 5.97 Å². The Morgan fingerprint density at radius 1 is 1.00 bits per heavy atom. The van der Waals surface area contributed by atoms with E-state index >= 15 is 0 Å². The van der Waals surface area contributed by atoms with Crippen molar-refractivity contribution in [3.05, 3.63) is 54.1 Å². The van der Waals surface area contributed by atoms with Crippen molar-refractivity contribution in [3.63, 3.8) is 0 Å². The van der Waals surface area contributed by atoms with Gasteiger partial charge in [-0.3, -0.25) is 19.2 Å². The molecule has 0 radical (unpaired) electrons. The first-order valence-electron chi connectivity index (χ1n) is 9.14. The molecule has 0 saturated carbocycles. The van der Waals surface area contributed by atoms with Gasteiger partial charge in [-0.25, -0.2) is 0 Å². The summed E-state index contributed by atoms with van der Waals surface area (Å²) in [6.45, 7) is 0.657. The Bertz CT molecular complexity index is 957. The van der Waals surface area contributed by atoms with Crippen LogP contribution in [0.3, 0.4) is 0 Å². The fourth-order valence-electron chi connectivity index (χ4n) is 3.07. The van der Waals surface area contributed by atoms with Gasteiger partial charge in [0.15, 0.2) is 6.61 Å². The number of nitrogens with one attached hydrogen (secondary N) is 2. The Hall–Kier alpha value is -3.68. The molecule has 0 unspecified atom stereocenters. The third-order valence-corrected chi connectivity index (χ3v) is 4.31. The first-order chi connectivity index (χ1) is 13.9. The Labute approximate surface area is 167 Å². The molecule has 29 heavy (non-hydrogen) atoms. The zero-order chi connectivity index (χ0) is 20.8. The molecule has 8 nitrogen and oxygen atoms in total. The van der Waals surface area contributed by atoms with Crippen LogP contribution in [0.2, 0.25) is 0 Å². The summed E-state index contributed by atoms with van der Waals surface area (Å²) in [4.78, 5) is 48.9. The lowest BCUT2D eigenvalue weighted by Crippen LogP contribution is -2.40. The van der Waals surface area contributed by atoms with Crippen LogP contribution < -0.4 is 15.5 Å². The van der Waals surface area contributed by atoms with Gasteiger partial charge in [-0.15, -0.1) is 0 Å². The van der Waals surface area contributed by atoms with Crippen molar-refractivity contribution in [1.29, 1.82) is 0 Å². The average molecular weight is 395 g/mol. The van der Waals surface area contributed by atoms with Gasteiger partial charge in [-0.1, -0.05) is 24.3 Å². The number of rotatable bonds is 6. The Kier molecular flexibility index (Phi) is 6.23. The summed E-state index contributed by atoms with van der Waals surface area (Å²) >= 11 is 0. The maximum atomic E-state index is 12.2. The molecule has 8 heteroatoms. The van der Waals surface area contributed by atoms with Crippen molar-refractivity contribution in [2.75, 3.05) is 28.7 Å². The Morgan fingerprint density at radius 3 is 2.48 bits per heavy atom. The van der Waals surface area contributed by atoms with Gasteiger partial charge in [-0.2, -0.15) is 0 Å². The number of aryl methyl sites for hydroxylation is 1. The van der Waals surface area contributed by atoms with Gasteiger partial charge in [0.2, 0.25) is 11.8 Å². The van der Waals surface area contributed by atoms with E-state index in [4.69, 9.17) is 4.74 Å². The Morgan fingerprint density at radius 2 is 1.72 bits per heavy atom. The van der Waals surface area contributed by atoms with E-state index in [1.54, 1.807) is 36.4 Å². The highest BCUT2D eigenvalue weighted by Crippen LogP contribution is 2.27. The number of hydrogen-bond acceptors (Lipinski definition) is 5. The highest BCUT2D eigenvalue weighted by Gasteiger charge is 2.26. The molecule has 1 heterocycles. The van der Waals surface area contributed by atoms with E-state index in [-0.39, 0.29) is 18.4 Å². The normalized spacial score (nSPS) is 12.7. The first kappa shape index (κ1) is 20.1. The number of esters is 1. The van der Waals surface area contributed by atoms with E-state index in [0.29, 0.717) is 29.9 Å². The van der Waals surface area contributed by atoms with E-state index < -0.39 is 18.5 Å². The lowest BCUT2D eigenvalue weighted by Gasteiger charge is -2.28. The molecule has 0 saturated heterocycles. The van der Waals surface area contributed by atoms with Crippen molar-refractivity contribution in [2.45, 2.75) is 19.8 Å². The molecule has 2 N–H and O–H groups in total. The number of benzene rings is 2. The summed E-state index contributed by atoms with van der Waals surface area (Å²) in [5, 5.41) is 5.20. The second-order valence-corrected chi connectivity index (χ2v) is 6.58. The number of hydrogen-bond donors (Lipinski definition) is 2. The van der Waals surface area contributed by atoms with Crippen molar-refractivity contribution >= 4 is 40.8 Å². The maximum Gasteiger partial charge on any atom is 0.326 e. The summed E-state index contributed by atoms with van der Waals surface area (Å²) < 4.78 is 5.02. The molecule has 0 fully saturated rings. The number of carbonyl (C=O) groups excluding carboxylic acids is 4. The number of fused-ring (bicyclic) bond motifs is 1. The molecule has 3 amide bonds. The molecule has 0 aromatic heterocycles.